The van der Waals surface area contributed by atoms with E-state index >= 15 is 0 Å². The third-order valence-electron chi connectivity index (χ3n) is 3.28. The Kier molecular flexibility index (Phi) is 5.58. The van der Waals surface area contributed by atoms with Crippen LogP contribution in [0, 0.1) is 6.92 Å². The summed E-state index contributed by atoms with van der Waals surface area (Å²) in [5.74, 6) is 1.40. The van der Waals surface area contributed by atoms with E-state index in [4.69, 9.17) is 21.1 Å². The molecule has 2 rings (SSSR count). The monoisotopic (exact) mass is 432 g/mol. The van der Waals surface area contributed by atoms with Crippen LogP contribution in [0.15, 0.2) is 34.8 Å². The van der Waals surface area contributed by atoms with Gasteiger partial charge < -0.3 is 9.47 Å². The van der Waals surface area contributed by atoms with Crippen LogP contribution in [0.3, 0.4) is 0 Å². The van der Waals surface area contributed by atoms with Crippen molar-refractivity contribution in [3.8, 4) is 11.5 Å². The minimum atomic E-state index is 0.0314. The van der Waals surface area contributed by atoms with Gasteiger partial charge in [-0.3, -0.25) is 0 Å². The molecule has 0 aliphatic rings. The number of hydrogen-bond acceptors (Lipinski definition) is 2. The van der Waals surface area contributed by atoms with E-state index < -0.39 is 0 Å². The van der Waals surface area contributed by atoms with Crippen molar-refractivity contribution in [3.05, 3.63) is 56.5 Å². The average Bonchev–Trinajstić information content (AvgIpc) is 2.46. The molecule has 2 nitrogen and oxygen atoms in total. The molecule has 0 radical (unpaired) electrons. The summed E-state index contributed by atoms with van der Waals surface area (Å²) in [6.07, 6.45) is 0. The number of rotatable bonds is 4. The second kappa shape index (κ2) is 7.03. The minimum absolute atomic E-state index is 0.0314. The molecular formula is C16H15Br2ClO2. The SMILES string of the molecule is COc1cc(Br)c(C(Br)c2ccc(Cl)cc2C)cc1OC. The van der Waals surface area contributed by atoms with Crippen molar-refractivity contribution in [1.82, 2.24) is 0 Å². The number of alkyl halides is 1. The summed E-state index contributed by atoms with van der Waals surface area (Å²) in [7, 11) is 3.26. The van der Waals surface area contributed by atoms with Crippen LogP contribution < -0.4 is 9.47 Å². The number of halogens is 3. The lowest BCUT2D eigenvalue weighted by Crippen LogP contribution is -1.99. The smallest absolute Gasteiger partial charge is 0.161 e. The Balaban J connectivity index is 2.50. The number of ether oxygens (including phenoxy) is 2. The van der Waals surface area contributed by atoms with Crippen LogP contribution in [-0.4, -0.2) is 14.2 Å². The molecule has 1 unspecified atom stereocenters. The second-order valence-corrected chi connectivity index (χ2v) is 6.80. The molecular weight excluding hydrogens is 419 g/mol. The number of aryl methyl sites for hydroxylation is 1. The maximum atomic E-state index is 6.03. The van der Waals surface area contributed by atoms with E-state index in [1.54, 1.807) is 14.2 Å². The molecule has 0 fully saturated rings. The van der Waals surface area contributed by atoms with Crippen LogP contribution in [0.1, 0.15) is 21.5 Å². The Bertz CT molecular complexity index is 659. The fraction of sp³-hybridized carbons (Fsp3) is 0.250. The predicted molar refractivity (Wildman–Crippen MR) is 94.2 cm³/mol. The molecule has 2 aromatic carbocycles. The van der Waals surface area contributed by atoms with Crippen molar-refractivity contribution < 1.29 is 9.47 Å². The van der Waals surface area contributed by atoms with E-state index in [-0.39, 0.29) is 4.83 Å². The highest BCUT2D eigenvalue weighted by molar-refractivity contribution is 9.11. The van der Waals surface area contributed by atoms with Gasteiger partial charge in [0, 0.05) is 9.50 Å². The van der Waals surface area contributed by atoms with Gasteiger partial charge in [0.25, 0.3) is 0 Å². The predicted octanol–water partition coefficient (Wildman–Crippen LogP) is 5.91. The first-order valence-electron chi connectivity index (χ1n) is 6.29. The van der Waals surface area contributed by atoms with Crippen LogP contribution in [0.4, 0.5) is 0 Å². The third-order valence-corrected chi connectivity index (χ3v) is 5.19. The number of methoxy groups -OCH3 is 2. The van der Waals surface area contributed by atoms with E-state index in [0.29, 0.717) is 11.5 Å². The minimum Gasteiger partial charge on any atom is -0.493 e. The molecule has 0 heterocycles. The molecule has 0 saturated heterocycles. The molecule has 0 saturated carbocycles. The van der Waals surface area contributed by atoms with Gasteiger partial charge >= 0.3 is 0 Å². The zero-order valence-corrected chi connectivity index (χ0v) is 15.8. The lowest BCUT2D eigenvalue weighted by Gasteiger charge is -2.18. The molecule has 0 spiro atoms. The van der Waals surface area contributed by atoms with Gasteiger partial charge in [-0.1, -0.05) is 49.5 Å². The van der Waals surface area contributed by atoms with Gasteiger partial charge in [0.15, 0.2) is 11.5 Å². The molecule has 112 valence electrons. The third kappa shape index (κ3) is 3.55. The van der Waals surface area contributed by atoms with Gasteiger partial charge in [0.05, 0.1) is 19.0 Å². The van der Waals surface area contributed by atoms with Crippen molar-refractivity contribution in [2.24, 2.45) is 0 Å². The van der Waals surface area contributed by atoms with Gasteiger partial charge in [0.2, 0.25) is 0 Å². The zero-order chi connectivity index (χ0) is 15.6. The van der Waals surface area contributed by atoms with Crippen molar-refractivity contribution >= 4 is 43.5 Å². The highest BCUT2D eigenvalue weighted by Gasteiger charge is 2.19. The van der Waals surface area contributed by atoms with E-state index in [1.165, 1.54) is 0 Å². The van der Waals surface area contributed by atoms with E-state index in [0.717, 1.165) is 26.2 Å². The number of benzene rings is 2. The summed E-state index contributed by atoms with van der Waals surface area (Å²) < 4.78 is 11.6. The van der Waals surface area contributed by atoms with Crippen molar-refractivity contribution in [3.63, 3.8) is 0 Å². The molecule has 2 aromatic rings. The van der Waals surface area contributed by atoms with Gasteiger partial charge in [-0.15, -0.1) is 0 Å². The van der Waals surface area contributed by atoms with Crippen molar-refractivity contribution in [1.29, 1.82) is 0 Å². The summed E-state index contributed by atoms with van der Waals surface area (Å²) in [4.78, 5) is 0.0314. The van der Waals surface area contributed by atoms with Crippen LogP contribution in [-0.2, 0) is 0 Å². The molecule has 0 aliphatic carbocycles. The molecule has 0 aromatic heterocycles. The molecule has 0 bridgehead atoms. The standard InChI is InChI=1S/C16H15Br2ClO2/c1-9-6-10(19)4-5-11(9)16(18)12-7-14(20-2)15(21-3)8-13(12)17/h4-8,16H,1-3H3. The highest BCUT2D eigenvalue weighted by Crippen LogP contribution is 2.42. The number of hydrogen-bond donors (Lipinski definition) is 0. The molecule has 5 heteroatoms. The van der Waals surface area contributed by atoms with Crippen LogP contribution in [0.5, 0.6) is 11.5 Å². The molecule has 1 atom stereocenters. The molecule has 0 N–H and O–H groups in total. The largest absolute Gasteiger partial charge is 0.493 e. The Labute approximate surface area is 146 Å². The first-order valence-corrected chi connectivity index (χ1v) is 8.38. The lowest BCUT2D eigenvalue weighted by atomic mass is 10.00. The molecule has 0 aliphatic heterocycles. The summed E-state index contributed by atoms with van der Waals surface area (Å²) in [6, 6.07) is 9.76. The van der Waals surface area contributed by atoms with Crippen molar-refractivity contribution in [2.75, 3.05) is 14.2 Å². The fourth-order valence-electron chi connectivity index (χ4n) is 2.16. The maximum Gasteiger partial charge on any atom is 0.161 e. The summed E-state index contributed by atoms with van der Waals surface area (Å²) in [5, 5.41) is 0.738. The van der Waals surface area contributed by atoms with Crippen LogP contribution in [0.25, 0.3) is 0 Å². The molecule has 21 heavy (non-hydrogen) atoms. The van der Waals surface area contributed by atoms with E-state index in [9.17, 15) is 0 Å². The lowest BCUT2D eigenvalue weighted by molar-refractivity contribution is 0.354. The maximum absolute atomic E-state index is 6.03. The fourth-order valence-corrected chi connectivity index (χ4v) is 4.13. The first kappa shape index (κ1) is 16.7. The van der Waals surface area contributed by atoms with E-state index in [1.807, 2.05) is 37.3 Å². The topological polar surface area (TPSA) is 18.5 Å². The first-order chi connectivity index (χ1) is 9.97. The Morgan fingerprint density at radius 1 is 1.00 bits per heavy atom. The van der Waals surface area contributed by atoms with Gasteiger partial charge in [-0.2, -0.15) is 0 Å². The summed E-state index contributed by atoms with van der Waals surface area (Å²) >= 11 is 13.4. The van der Waals surface area contributed by atoms with E-state index in [2.05, 4.69) is 31.9 Å². The van der Waals surface area contributed by atoms with Crippen LogP contribution in [0.2, 0.25) is 5.02 Å². The van der Waals surface area contributed by atoms with Crippen molar-refractivity contribution in [2.45, 2.75) is 11.8 Å². The second-order valence-electron chi connectivity index (χ2n) is 4.59. The Morgan fingerprint density at radius 3 is 2.19 bits per heavy atom. The summed E-state index contributed by atoms with van der Waals surface area (Å²) in [6.45, 7) is 2.05. The zero-order valence-electron chi connectivity index (χ0n) is 11.9. The Morgan fingerprint density at radius 2 is 1.62 bits per heavy atom. The van der Waals surface area contributed by atoms with Gasteiger partial charge in [-0.25, -0.2) is 0 Å². The normalized spacial score (nSPS) is 12.1. The summed E-state index contributed by atoms with van der Waals surface area (Å²) in [5.41, 5.74) is 3.36. The quantitative estimate of drug-likeness (QED) is 0.557. The molecule has 0 amide bonds. The van der Waals surface area contributed by atoms with Crippen LogP contribution >= 0.6 is 43.5 Å². The Hall–Kier alpha value is -0.710. The van der Waals surface area contributed by atoms with Gasteiger partial charge in [-0.05, 0) is 47.9 Å². The van der Waals surface area contributed by atoms with Gasteiger partial charge in [0.1, 0.15) is 0 Å². The highest BCUT2D eigenvalue weighted by atomic mass is 79.9. The average molecular weight is 435 g/mol.